The molecule has 144 valence electrons. The number of carbonyl (C=O) groups is 2. The van der Waals surface area contributed by atoms with E-state index in [4.69, 9.17) is 5.73 Å². The summed E-state index contributed by atoms with van der Waals surface area (Å²) in [7, 11) is 0. The van der Waals surface area contributed by atoms with E-state index >= 15 is 0 Å². The summed E-state index contributed by atoms with van der Waals surface area (Å²) in [5.74, 6) is -0.381. The number of carbonyl (C=O) groups excluding carboxylic acids is 2. The monoisotopic (exact) mass is 391 g/mol. The molecule has 3 rings (SSSR count). The van der Waals surface area contributed by atoms with Crippen molar-refractivity contribution in [2.24, 2.45) is 5.73 Å². The second-order valence-electron chi connectivity index (χ2n) is 6.25. The number of nitrogens with two attached hydrogens (primary N) is 1. The van der Waals surface area contributed by atoms with Crippen LogP contribution in [0.2, 0.25) is 0 Å². The van der Waals surface area contributed by atoms with Crippen LogP contribution >= 0.6 is 11.8 Å². The predicted molar refractivity (Wildman–Crippen MR) is 100 cm³/mol. The van der Waals surface area contributed by atoms with Crippen molar-refractivity contribution in [2.75, 3.05) is 5.75 Å². The maximum absolute atomic E-state index is 12.5. The molecule has 6 N–H and O–H groups in total. The number of amides is 2. The molecular weight excluding hydrogens is 370 g/mol. The number of benzene rings is 1. The van der Waals surface area contributed by atoms with Gasteiger partial charge in [0, 0.05) is 5.75 Å². The molecule has 0 radical (unpaired) electrons. The summed E-state index contributed by atoms with van der Waals surface area (Å²) in [5.41, 5.74) is 7.26. The van der Waals surface area contributed by atoms with Crippen molar-refractivity contribution in [2.45, 2.75) is 30.7 Å². The van der Waals surface area contributed by atoms with Crippen LogP contribution < -0.4 is 11.1 Å². The van der Waals surface area contributed by atoms with Gasteiger partial charge in [-0.05, 0) is 30.2 Å². The minimum atomic E-state index is -1.78. The van der Waals surface area contributed by atoms with Crippen LogP contribution in [-0.4, -0.2) is 55.5 Å². The highest BCUT2D eigenvalue weighted by Gasteiger charge is 2.53. The van der Waals surface area contributed by atoms with Crippen LogP contribution in [0.3, 0.4) is 0 Å². The number of nitrogens with one attached hydrogen (secondary N) is 1. The summed E-state index contributed by atoms with van der Waals surface area (Å²) < 4.78 is 0. The molecule has 3 atom stereocenters. The van der Waals surface area contributed by atoms with Crippen molar-refractivity contribution >= 4 is 23.6 Å². The predicted octanol–water partition coefficient (Wildman–Crippen LogP) is -0.0672. The van der Waals surface area contributed by atoms with Gasteiger partial charge in [-0.3, -0.25) is 14.5 Å². The molecule has 2 aliphatic heterocycles. The van der Waals surface area contributed by atoms with Crippen molar-refractivity contribution < 1.29 is 24.9 Å². The number of phenolic OH excluding ortho intramolecular Hbond substituents is 1. The van der Waals surface area contributed by atoms with Crippen molar-refractivity contribution in [3.63, 3.8) is 0 Å². The number of aliphatic hydroxyl groups excluding tert-OH is 1. The molecule has 1 aromatic carbocycles. The van der Waals surface area contributed by atoms with Crippen LogP contribution in [0.25, 0.3) is 0 Å². The van der Waals surface area contributed by atoms with Crippen LogP contribution in [0, 0.1) is 0 Å². The first-order valence-electron chi connectivity index (χ1n) is 8.36. The first-order chi connectivity index (χ1) is 12.8. The van der Waals surface area contributed by atoms with E-state index in [1.54, 1.807) is 19.1 Å². The van der Waals surface area contributed by atoms with E-state index in [0.29, 0.717) is 16.9 Å². The van der Waals surface area contributed by atoms with Gasteiger partial charge in [0.2, 0.25) is 5.91 Å². The molecule has 0 spiro atoms. The van der Waals surface area contributed by atoms with Gasteiger partial charge in [0.15, 0.2) is 6.29 Å². The van der Waals surface area contributed by atoms with Gasteiger partial charge in [-0.2, -0.15) is 0 Å². The fourth-order valence-corrected chi connectivity index (χ4v) is 4.47. The number of β-lactam (4-membered cyclic amide) rings is 1. The molecule has 0 aromatic heterocycles. The van der Waals surface area contributed by atoms with Crippen LogP contribution in [0.1, 0.15) is 18.5 Å². The first kappa shape index (κ1) is 19.4. The quantitative estimate of drug-likeness (QED) is 0.350. The minimum absolute atomic E-state index is 0.0635. The van der Waals surface area contributed by atoms with Crippen molar-refractivity contribution in [3.8, 4) is 5.75 Å². The van der Waals surface area contributed by atoms with E-state index in [9.17, 15) is 24.9 Å². The Morgan fingerprint density at radius 3 is 2.63 bits per heavy atom. The van der Waals surface area contributed by atoms with E-state index in [2.05, 4.69) is 5.32 Å². The first-order valence-corrected chi connectivity index (χ1v) is 9.41. The van der Waals surface area contributed by atoms with E-state index in [-0.39, 0.29) is 11.4 Å². The number of allylic oxidation sites excluding steroid dienone is 2. The van der Waals surface area contributed by atoms with Crippen LogP contribution in [0.5, 0.6) is 5.75 Å². The molecule has 3 unspecified atom stereocenters. The highest BCUT2D eigenvalue weighted by Crippen LogP contribution is 2.41. The lowest BCUT2D eigenvalue weighted by Crippen LogP contribution is -2.71. The van der Waals surface area contributed by atoms with Gasteiger partial charge in [-0.15, -0.1) is 11.8 Å². The Balaban J connectivity index is 1.73. The van der Waals surface area contributed by atoms with Gasteiger partial charge in [-0.25, -0.2) is 0 Å². The highest BCUT2D eigenvalue weighted by atomic mass is 32.2. The van der Waals surface area contributed by atoms with Crippen LogP contribution in [-0.2, 0) is 9.59 Å². The fourth-order valence-electron chi connectivity index (χ4n) is 3.13. The average Bonchev–Trinajstić information content (AvgIpc) is 2.65. The molecule has 0 bridgehead atoms. The topological polar surface area (TPSA) is 136 Å². The number of hydrogen-bond donors (Lipinski definition) is 5. The normalized spacial score (nSPS) is 23.4. The lowest BCUT2D eigenvalue weighted by Gasteiger charge is -2.50. The molecule has 2 amide bonds. The van der Waals surface area contributed by atoms with E-state index in [1.165, 1.54) is 40.9 Å². The van der Waals surface area contributed by atoms with Gasteiger partial charge in [-0.1, -0.05) is 24.3 Å². The molecule has 1 saturated heterocycles. The molecular formula is C18H21N3O5S. The Hall–Kier alpha value is -2.33. The highest BCUT2D eigenvalue weighted by molar-refractivity contribution is 8.00. The number of rotatable bonds is 5. The van der Waals surface area contributed by atoms with Gasteiger partial charge in [0.1, 0.15) is 23.2 Å². The third kappa shape index (κ3) is 3.59. The molecule has 2 aliphatic rings. The third-order valence-electron chi connectivity index (χ3n) is 4.49. The van der Waals surface area contributed by atoms with E-state index < -0.39 is 35.6 Å². The fraction of sp³-hybridized carbons (Fsp3) is 0.333. The average molecular weight is 391 g/mol. The minimum Gasteiger partial charge on any atom is -0.508 e. The summed E-state index contributed by atoms with van der Waals surface area (Å²) in [6.45, 7) is 1.80. The molecule has 2 heterocycles. The summed E-state index contributed by atoms with van der Waals surface area (Å²) in [6.07, 6.45) is 1.72. The molecule has 8 nitrogen and oxygen atoms in total. The Bertz CT molecular complexity index is 806. The number of fused-ring (bicyclic) bond motifs is 1. The van der Waals surface area contributed by atoms with Gasteiger partial charge in [0.05, 0.1) is 5.70 Å². The summed E-state index contributed by atoms with van der Waals surface area (Å²) in [5, 5.41) is 30.9. The van der Waals surface area contributed by atoms with Crippen LogP contribution in [0.4, 0.5) is 0 Å². The molecule has 0 aliphatic carbocycles. The van der Waals surface area contributed by atoms with Crippen molar-refractivity contribution in [1.82, 2.24) is 10.2 Å². The van der Waals surface area contributed by atoms with Gasteiger partial charge < -0.3 is 26.4 Å². The Morgan fingerprint density at radius 1 is 1.37 bits per heavy atom. The number of thioether (sulfide) groups is 1. The molecule has 1 aromatic rings. The molecule has 1 fully saturated rings. The van der Waals surface area contributed by atoms with E-state index in [1.807, 2.05) is 0 Å². The van der Waals surface area contributed by atoms with Gasteiger partial charge in [0.25, 0.3) is 5.91 Å². The maximum Gasteiger partial charge on any atom is 0.253 e. The summed E-state index contributed by atoms with van der Waals surface area (Å²) in [6, 6.07) is 4.16. The van der Waals surface area contributed by atoms with Gasteiger partial charge >= 0.3 is 0 Å². The lowest BCUT2D eigenvalue weighted by molar-refractivity contribution is -0.150. The number of aliphatic hydroxyl groups is 2. The zero-order valence-electron chi connectivity index (χ0n) is 14.6. The van der Waals surface area contributed by atoms with Crippen molar-refractivity contribution in [3.05, 3.63) is 53.3 Å². The summed E-state index contributed by atoms with van der Waals surface area (Å²) >= 11 is 1.43. The molecule has 9 heteroatoms. The smallest absolute Gasteiger partial charge is 0.253 e. The zero-order chi connectivity index (χ0) is 19.7. The Morgan fingerprint density at radius 2 is 2.04 bits per heavy atom. The second kappa shape index (κ2) is 7.73. The number of phenols is 1. The lowest BCUT2D eigenvalue weighted by atomic mass is 10.0. The van der Waals surface area contributed by atoms with Crippen molar-refractivity contribution in [1.29, 1.82) is 0 Å². The standard InChI is InChI=1S/C18H21N3O5S/c1-2-3-10-8-27-17-13(16(24)21(17)14(10)18(25)26)20-15(23)12(19)9-4-6-11(22)7-5-9/h2-7,12-13,17-18,22,25-26H,8,19H2,1H3,(H,20,23). The van der Waals surface area contributed by atoms with E-state index in [0.717, 1.165) is 0 Å². The third-order valence-corrected chi connectivity index (χ3v) is 5.79. The molecule has 0 saturated carbocycles. The Labute approximate surface area is 160 Å². The second-order valence-corrected chi connectivity index (χ2v) is 7.35. The molecule has 27 heavy (non-hydrogen) atoms. The SMILES string of the molecule is CC=CC1=C(C(O)O)N2C(=O)C(NC(=O)C(N)c3ccc(O)cc3)C2SC1. The number of aromatic hydroxyl groups is 1. The number of nitrogens with zero attached hydrogens (tertiary/aromatic N) is 1. The largest absolute Gasteiger partial charge is 0.508 e. The maximum atomic E-state index is 12.5. The summed E-state index contributed by atoms with van der Waals surface area (Å²) in [4.78, 5) is 26.3. The zero-order valence-corrected chi connectivity index (χ0v) is 15.4. The Kier molecular flexibility index (Phi) is 5.56. The van der Waals surface area contributed by atoms with Crippen LogP contribution in [0.15, 0.2) is 47.7 Å². The number of hydrogen-bond acceptors (Lipinski definition) is 7.